The quantitative estimate of drug-likeness (QED) is 0.716. The van der Waals surface area contributed by atoms with Crippen molar-refractivity contribution in [2.75, 3.05) is 13.2 Å². The molecular formula is C15H29NO. The molecule has 17 heavy (non-hydrogen) atoms. The van der Waals surface area contributed by atoms with Gasteiger partial charge in [0, 0.05) is 12.6 Å². The predicted molar refractivity (Wildman–Crippen MR) is 72.2 cm³/mol. The first-order chi connectivity index (χ1) is 8.36. The first-order valence-corrected chi connectivity index (χ1v) is 7.71. The van der Waals surface area contributed by atoms with Crippen LogP contribution in [0.2, 0.25) is 0 Å². The summed E-state index contributed by atoms with van der Waals surface area (Å²) in [6, 6.07) is 0.722. The minimum atomic E-state index is 0.571. The van der Waals surface area contributed by atoms with Gasteiger partial charge in [-0.3, -0.25) is 0 Å². The maximum Gasteiger partial charge on any atom is 0.0576 e. The molecule has 100 valence electrons. The van der Waals surface area contributed by atoms with Gasteiger partial charge in [0.2, 0.25) is 0 Å². The Morgan fingerprint density at radius 1 is 1.12 bits per heavy atom. The summed E-state index contributed by atoms with van der Waals surface area (Å²) in [5.41, 5.74) is 0. The molecule has 2 nitrogen and oxygen atoms in total. The molecule has 0 bridgehead atoms. The summed E-state index contributed by atoms with van der Waals surface area (Å²) in [7, 11) is 0. The maximum atomic E-state index is 5.65. The molecule has 0 aromatic rings. The van der Waals surface area contributed by atoms with Gasteiger partial charge in [-0.1, -0.05) is 19.3 Å². The van der Waals surface area contributed by atoms with Crippen LogP contribution in [0.25, 0.3) is 0 Å². The van der Waals surface area contributed by atoms with Crippen LogP contribution in [-0.2, 0) is 4.74 Å². The van der Waals surface area contributed by atoms with Gasteiger partial charge in [0.05, 0.1) is 6.10 Å². The Balaban J connectivity index is 1.51. The molecular weight excluding hydrogens is 210 g/mol. The van der Waals surface area contributed by atoms with Gasteiger partial charge < -0.3 is 10.1 Å². The van der Waals surface area contributed by atoms with Crippen molar-refractivity contribution in [2.24, 2.45) is 5.92 Å². The summed E-state index contributed by atoms with van der Waals surface area (Å²) in [5, 5.41) is 3.72. The maximum absolute atomic E-state index is 5.65. The fourth-order valence-corrected chi connectivity index (χ4v) is 3.33. The summed E-state index contributed by atoms with van der Waals surface area (Å²) in [6.07, 6.45) is 12.9. The fraction of sp³-hybridized carbons (Fsp3) is 1.00. The first-order valence-electron chi connectivity index (χ1n) is 7.71. The van der Waals surface area contributed by atoms with Gasteiger partial charge in [0.25, 0.3) is 0 Å². The van der Waals surface area contributed by atoms with Crippen LogP contribution in [0.1, 0.15) is 64.7 Å². The Kier molecular flexibility index (Phi) is 5.79. The SMILES string of the molecule is C[C@@H](NCCCC1CCCO1)C1CCCCC1. The van der Waals surface area contributed by atoms with E-state index < -0.39 is 0 Å². The van der Waals surface area contributed by atoms with Gasteiger partial charge in [-0.05, 0) is 57.9 Å². The van der Waals surface area contributed by atoms with E-state index in [1.165, 1.54) is 64.3 Å². The summed E-state index contributed by atoms with van der Waals surface area (Å²) < 4.78 is 5.65. The lowest BCUT2D eigenvalue weighted by Crippen LogP contribution is -2.35. The summed E-state index contributed by atoms with van der Waals surface area (Å²) >= 11 is 0. The van der Waals surface area contributed by atoms with Crippen molar-refractivity contribution >= 4 is 0 Å². The molecule has 1 saturated carbocycles. The van der Waals surface area contributed by atoms with Gasteiger partial charge in [-0.25, -0.2) is 0 Å². The van der Waals surface area contributed by atoms with Gasteiger partial charge in [-0.15, -0.1) is 0 Å². The average molecular weight is 239 g/mol. The molecule has 0 amide bonds. The van der Waals surface area contributed by atoms with Gasteiger partial charge in [0.1, 0.15) is 0 Å². The second-order valence-electron chi connectivity index (χ2n) is 5.92. The Hall–Kier alpha value is -0.0800. The van der Waals surface area contributed by atoms with Gasteiger partial charge >= 0.3 is 0 Å². The lowest BCUT2D eigenvalue weighted by molar-refractivity contribution is 0.102. The van der Waals surface area contributed by atoms with Crippen molar-refractivity contribution in [3.63, 3.8) is 0 Å². The molecule has 0 aromatic carbocycles. The number of rotatable bonds is 6. The standard InChI is InChI=1S/C15H29NO/c1-13(14-7-3-2-4-8-14)16-11-5-9-15-10-6-12-17-15/h13-16H,2-12H2,1H3/t13-,15?/m1/s1. The van der Waals surface area contributed by atoms with Crippen LogP contribution < -0.4 is 5.32 Å². The van der Waals surface area contributed by atoms with Crippen LogP contribution in [0.15, 0.2) is 0 Å². The van der Waals surface area contributed by atoms with Gasteiger partial charge in [-0.2, -0.15) is 0 Å². The van der Waals surface area contributed by atoms with Crippen LogP contribution in [0.3, 0.4) is 0 Å². The predicted octanol–water partition coefficient (Wildman–Crippen LogP) is 3.50. The van der Waals surface area contributed by atoms with E-state index in [-0.39, 0.29) is 0 Å². The molecule has 2 fully saturated rings. The Morgan fingerprint density at radius 2 is 1.94 bits per heavy atom. The Morgan fingerprint density at radius 3 is 2.65 bits per heavy atom. The second kappa shape index (κ2) is 7.38. The van der Waals surface area contributed by atoms with E-state index in [1.807, 2.05) is 0 Å². The monoisotopic (exact) mass is 239 g/mol. The Bertz CT molecular complexity index is 195. The second-order valence-corrected chi connectivity index (χ2v) is 5.92. The van der Waals surface area contributed by atoms with E-state index in [2.05, 4.69) is 12.2 Å². The largest absolute Gasteiger partial charge is 0.378 e. The molecule has 2 atom stereocenters. The molecule has 0 aromatic heterocycles. The van der Waals surface area contributed by atoms with Crippen LogP contribution in [0.5, 0.6) is 0 Å². The van der Waals surface area contributed by atoms with E-state index in [0.717, 1.165) is 18.6 Å². The van der Waals surface area contributed by atoms with Crippen molar-refractivity contribution in [3.05, 3.63) is 0 Å². The van der Waals surface area contributed by atoms with Crippen LogP contribution in [0.4, 0.5) is 0 Å². The molecule has 2 aliphatic rings. The third-order valence-corrected chi connectivity index (χ3v) is 4.55. The fourth-order valence-electron chi connectivity index (χ4n) is 3.33. The summed E-state index contributed by atoms with van der Waals surface area (Å²) in [5.74, 6) is 0.937. The molecule has 1 unspecified atom stereocenters. The first kappa shape index (κ1) is 13.4. The van der Waals surface area contributed by atoms with Crippen molar-refractivity contribution in [3.8, 4) is 0 Å². The van der Waals surface area contributed by atoms with Crippen LogP contribution in [-0.4, -0.2) is 25.3 Å². The van der Waals surface area contributed by atoms with Crippen LogP contribution >= 0.6 is 0 Å². The summed E-state index contributed by atoms with van der Waals surface area (Å²) in [4.78, 5) is 0. The van der Waals surface area contributed by atoms with Crippen LogP contribution in [0, 0.1) is 5.92 Å². The molecule has 1 heterocycles. The van der Waals surface area contributed by atoms with Crippen molar-refractivity contribution in [1.29, 1.82) is 0 Å². The third kappa shape index (κ3) is 4.59. The van der Waals surface area contributed by atoms with E-state index in [4.69, 9.17) is 4.74 Å². The normalized spacial score (nSPS) is 28.4. The zero-order chi connectivity index (χ0) is 11.9. The minimum absolute atomic E-state index is 0.571. The lowest BCUT2D eigenvalue weighted by atomic mass is 9.84. The molecule has 2 heteroatoms. The van der Waals surface area contributed by atoms with Crippen molar-refractivity contribution in [2.45, 2.75) is 76.9 Å². The van der Waals surface area contributed by atoms with E-state index >= 15 is 0 Å². The van der Waals surface area contributed by atoms with Gasteiger partial charge in [0.15, 0.2) is 0 Å². The number of hydrogen-bond donors (Lipinski definition) is 1. The number of hydrogen-bond acceptors (Lipinski definition) is 2. The Labute approximate surface area is 107 Å². The molecule has 0 spiro atoms. The molecule has 1 saturated heterocycles. The smallest absolute Gasteiger partial charge is 0.0576 e. The zero-order valence-electron chi connectivity index (χ0n) is 11.4. The minimum Gasteiger partial charge on any atom is -0.378 e. The van der Waals surface area contributed by atoms with E-state index in [1.54, 1.807) is 0 Å². The number of ether oxygens (including phenoxy) is 1. The zero-order valence-corrected chi connectivity index (χ0v) is 11.4. The summed E-state index contributed by atoms with van der Waals surface area (Å²) in [6.45, 7) is 4.55. The average Bonchev–Trinajstić information content (AvgIpc) is 2.88. The molecule has 1 aliphatic carbocycles. The number of nitrogens with one attached hydrogen (secondary N) is 1. The van der Waals surface area contributed by atoms with Crippen molar-refractivity contribution < 1.29 is 4.74 Å². The van der Waals surface area contributed by atoms with E-state index in [0.29, 0.717) is 6.10 Å². The third-order valence-electron chi connectivity index (χ3n) is 4.55. The highest BCUT2D eigenvalue weighted by atomic mass is 16.5. The highest BCUT2D eigenvalue weighted by Crippen LogP contribution is 2.26. The van der Waals surface area contributed by atoms with Crippen molar-refractivity contribution in [1.82, 2.24) is 5.32 Å². The highest BCUT2D eigenvalue weighted by molar-refractivity contribution is 4.76. The van der Waals surface area contributed by atoms with E-state index in [9.17, 15) is 0 Å². The lowest BCUT2D eigenvalue weighted by Gasteiger charge is -2.28. The molecule has 1 aliphatic heterocycles. The molecule has 1 N–H and O–H groups in total. The molecule has 0 radical (unpaired) electrons. The highest BCUT2D eigenvalue weighted by Gasteiger charge is 2.19. The topological polar surface area (TPSA) is 21.3 Å². The molecule has 2 rings (SSSR count).